The van der Waals surface area contributed by atoms with Crippen LogP contribution in [0, 0.1) is 5.82 Å². The number of amides is 2. The van der Waals surface area contributed by atoms with Crippen LogP contribution in [-0.2, 0) is 11.3 Å². The number of hydrogen-bond donors (Lipinski definition) is 1. The maximum absolute atomic E-state index is 13.9. The molecule has 0 aliphatic heterocycles. The number of benzene rings is 2. The van der Waals surface area contributed by atoms with E-state index in [1.807, 2.05) is 0 Å². The lowest BCUT2D eigenvalue weighted by Gasteiger charge is -2.09. The summed E-state index contributed by atoms with van der Waals surface area (Å²) >= 11 is 0. The second kappa shape index (κ2) is 7.35. The number of halogens is 1. The number of aryl methyl sites for hydroxylation is 1. The molecule has 1 heterocycles. The summed E-state index contributed by atoms with van der Waals surface area (Å²) in [5.41, 5.74) is 0.374. The Morgan fingerprint density at radius 1 is 1.12 bits per heavy atom. The lowest BCUT2D eigenvalue weighted by Crippen LogP contribution is -2.23. The Balaban J connectivity index is 1.73. The fourth-order valence-corrected chi connectivity index (χ4v) is 2.63. The molecule has 0 aliphatic rings. The summed E-state index contributed by atoms with van der Waals surface area (Å²) in [6, 6.07) is 11.2. The molecule has 0 saturated carbocycles. The van der Waals surface area contributed by atoms with Gasteiger partial charge in [0.15, 0.2) is 5.82 Å². The van der Waals surface area contributed by atoms with Crippen molar-refractivity contribution >= 4 is 28.4 Å². The van der Waals surface area contributed by atoms with Crippen molar-refractivity contribution in [2.45, 2.75) is 13.0 Å². The number of nitrogens with zero attached hydrogens (tertiary/aromatic N) is 3. The molecule has 7 heteroatoms. The molecular weight excluding hydrogens is 335 g/mol. The van der Waals surface area contributed by atoms with Gasteiger partial charge in [-0.25, -0.2) is 4.39 Å². The van der Waals surface area contributed by atoms with Gasteiger partial charge in [-0.15, -0.1) is 0 Å². The number of carbonyl (C=O) groups is 2. The fourth-order valence-electron chi connectivity index (χ4n) is 2.63. The van der Waals surface area contributed by atoms with Gasteiger partial charge in [0, 0.05) is 50.3 Å². The van der Waals surface area contributed by atoms with Crippen LogP contribution in [0.3, 0.4) is 0 Å². The second-order valence-electron chi connectivity index (χ2n) is 6.10. The first-order valence-corrected chi connectivity index (χ1v) is 8.18. The number of anilines is 1. The van der Waals surface area contributed by atoms with Crippen LogP contribution < -0.4 is 5.32 Å². The smallest absolute Gasteiger partial charge is 0.257 e. The third-order valence-electron chi connectivity index (χ3n) is 4.05. The molecule has 2 aromatic carbocycles. The zero-order valence-electron chi connectivity index (χ0n) is 14.6. The van der Waals surface area contributed by atoms with E-state index in [-0.39, 0.29) is 17.6 Å². The van der Waals surface area contributed by atoms with Crippen molar-refractivity contribution in [3.8, 4) is 0 Å². The van der Waals surface area contributed by atoms with E-state index in [0.717, 1.165) is 0 Å². The predicted octanol–water partition coefficient (Wildman–Crippen LogP) is 2.91. The number of aromatic nitrogens is 2. The van der Waals surface area contributed by atoms with E-state index < -0.39 is 0 Å². The summed E-state index contributed by atoms with van der Waals surface area (Å²) < 4.78 is 15.5. The summed E-state index contributed by atoms with van der Waals surface area (Å²) in [7, 11) is 3.40. The quantitative estimate of drug-likeness (QED) is 0.766. The molecule has 0 fully saturated rings. The molecular formula is C19H19FN4O2. The van der Waals surface area contributed by atoms with Gasteiger partial charge in [0.25, 0.3) is 5.91 Å². The van der Waals surface area contributed by atoms with Gasteiger partial charge in [-0.2, -0.15) is 5.10 Å². The van der Waals surface area contributed by atoms with Gasteiger partial charge in [0.2, 0.25) is 5.91 Å². The third-order valence-corrected chi connectivity index (χ3v) is 4.05. The molecule has 1 aromatic heterocycles. The molecule has 0 saturated heterocycles. The normalized spacial score (nSPS) is 10.7. The van der Waals surface area contributed by atoms with Crippen LogP contribution in [0.1, 0.15) is 16.8 Å². The van der Waals surface area contributed by atoms with Crippen LogP contribution in [0.5, 0.6) is 0 Å². The zero-order chi connectivity index (χ0) is 18.7. The highest BCUT2D eigenvalue weighted by atomic mass is 19.1. The molecule has 0 radical (unpaired) electrons. The number of rotatable bonds is 5. The van der Waals surface area contributed by atoms with Crippen LogP contribution >= 0.6 is 0 Å². The van der Waals surface area contributed by atoms with Crippen LogP contribution in [-0.4, -0.2) is 40.6 Å². The Bertz CT molecular complexity index is 965. The average molecular weight is 354 g/mol. The Labute approximate surface area is 150 Å². The van der Waals surface area contributed by atoms with Gasteiger partial charge in [-0.1, -0.05) is 24.3 Å². The molecule has 3 aromatic rings. The highest BCUT2D eigenvalue weighted by molar-refractivity contribution is 6.12. The molecule has 26 heavy (non-hydrogen) atoms. The molecule has 0 spiro atoms. The lowest BCUT2D eigenvalue weighted by atomic mass is 10.0. The first-order chi connectivity index (χ1) is 12.5. The van der Waals surface area contributed by atoms with Crippen molar-refractivity contribution in [3.63, 3.8) is 0 Å². The lowest BCUT2D eigenvalue weighted by molar-refractivity contribution is -0.128. The first kappa shape index (κ1) is 17.6. The molecule has 0 aliphatic carbocycles. The number of hydrogen-bond acceptors (Lipinski definition) is 3. The van der Waals surface area contributed by atoms with Crippen LogP contribution in [0.25, 0.3) is 10.8 Å². The van der Waals surface area contributed by atoms with Crippen LogP contribution in [0.15, 0.2) is 48.7 Å². The average Bonchev–Trinajstić information content (AvgIpc) is 3.07. The van der Waals surface area contributed by atoms with Crippen molar-refractivity contribution in [2.75, 3.05) is 19.4 Å². The third kappa shape index (κ3) is 3.72. The summed E-state index contributed by atoms with van der Waals surface area (Å²) in [5, 5.41) is 7.90. The summed E-state index contributed by atoms with van der Waals surface area (Å²) in [4.78, 5) is 25.7. The monoisotopic (exact) mass is 354 g/mol. The SMILES string of the molecule is CN(C)C(=O)CCn1ccc(NC(=O)c2ccc(F)c3ccccc23)n1. The summed E-state index contributed by atoms with van der Waals surface area (Å²) in [5.74, 6) is -0.354. The zero-order valence-corrected chi connectivity index (χ0v) is 14.6. The van der Waals surface area contributed by atoms with Gasteiger partial charge < -0.3 is 10.2 Å². The maximum Gasteiger partial charge on any atom is 0.257 e. The molecule has 134 valence electrons. The molecule has 6 nitrogen and oxygen atoms in total. The van der Waals surface area contributed by atoms with Crippen molar-refractivity contribution in [1.29, 1.82) is 0 Å². The van der Waals surface area contributed by atoms with E-state index in [1.165, 1.54) is 17.0 Å². The van der Waals surface area contributed by atoms with E-state index in [2.05, 4.69) is 10.4 Å². The van der Waals surface area contributed by atoms with Gasteiger partial charge in [0.05, 0.1) is 0 Å². The van der Waals surface area contributed by atoms with Gasteiger partial charge in [-0.3, -0.25) is 14.3 Å². The van der Waals surface area contributed by atoms with Crippen LogP contribution in [0.4, 0.5) is 10.2 Å². The fraction of sp³-hybridized carbons (Fsp3) is 0.211. The topological polar surface area (TPSA) is 67.2 Å². The van der Waals surface area contributed by atoms with Crippen molar-refractivity contribution in [1.82, 2.24) is 14.7 Å². The predicted molar refractivity (Wildman–Crippen MR) is 97.4 cm³/mol. The van der Waals surface area contributed by atoms with Gasteiger partial charge in [0.1, 0.15) is 5.82 Å². The molecule has 0 bridgehead atoms. The highest BCUT2D eigenvalue weighted by Gasteiger charge is 2.14. The molecule has 3 rings (SSSR count). The molecule has 1 N–H and O–H groups in total. The first-order valence-electron chi connectivity index (χ1n) is 8.18. The van der Waals surface area contributed by atoms with E-state index >= 15 is 0 Å². The highest BCUT2D eigenvalue weighted by Crippen LogP contribution is 2.22. The summed E-state index contributed by atoms with van der Waals surface area (Å²) in [6.45, 7) is 0.423. The van der Waals surface area contributed by atoms with Gasteiger partial charge in [-0.05, 0) is 17.5 Å². The van der Waals surface area contributed by atoms with E-state index in [9.17, 15) is 14.0 Å². The minimum Gasteiger partial charge on any atom is -0.349 e. The van der Waals surface area contributed by atoms with Crippen molar-refractivity contribution < 1.29 is 14.0 Å². The minimum atomic E-state index is -0.369. The Morgan fingerprint density at radius 2 is 1.85 bits per heavy atom. The van der Waals surface area contributed by atoms with E-state index in [4.69, 9.17) is 0 Å². The minimum absolute atomic E-state index is 0.00358. The van der Waals surface area contributed by atoms with E-state index in [0.29, 0.717) is 35.1 Å². The Kier molecular flexibility index (Phi) is 4.97. The van der Waals surface area contributed by atoms with Crippen LogP contribution in [0.2, 0.25) is 0 Å². The number of fused-ring (bicyclic) bond motifs is 1. The Morgan fingerprint density at radius 3 is 2.58 bits per heavy atom. The van der Waals surface area contributed by atoms with Crippen molar-refractivity contribution in [2.24, 2.45) is 0 Å². The summed E-state index contributed by atoms with van der Waals surface area (Å²) in [6.07, 6.45) is 2.02. The molecule has 0 unspecified atom stereocenters. The molecule has 0 atom stereocenters. The maximum atomic E-state index is 13.9. The second-order valence-corrected chi connectivity index (χ2v) is 6.10. The number of carbonyl (C=O) groups excluding carboxylic acids is 2. The van der Waals surface area contributed by atoms with Crippen molar-refractivity contribution in [3.05, 3.63) is 60.0 Å². The molecule has 2 amide bonds. The van der Waals surface area contributed by atoms with Gasteiger partial charge >= 0.3 is 0 Å². The largest absolute Gasteiger partial charge is 0.349 e. The van der Waals surface area contributed by atoms with E-state index in [1.54, 1.807) is 55.3 Å². The number of nitrogens with one attached hydrogen (secondary N) is 1. The standard InChI is InChI=1S/C19H19FN4O2/c1-23(2)18(25)10-12-24-11-9-17(22-24)21-19(26)15-7-8-16(20)14-6-4-3-5-13(14)15/h3-9,11H,10,12H2,1-2H3,(H,21,22,26). The Hall–Kier alpha value is -3.22.